The summed E-state index contributed by atoms with van der Waals surface area (Å²) >= 11 is 9.53. The lowest BCUT2D eigenvalue weighted by atomic mass is 10.0. The van der Waals surface area contributed by atoms with E-state index in [0.29, 0.717) is 10.7 Å². The molecule has 0 aliphatic heterocycles. The lowest BCUT2D eigenvalue weighted by Gasteiger charge is -2.33. The molecule has 0 saturated heterocycles. The molecule has 43 heavy (non-hydrogen) atoms. The molecule has 0 aliphatic carbocycles. The molecular formula is C33H33BrClN3O4S. The number of sulfonamides is 1. The fourth-order valence-electron chi connectivity index (χ4n) is 4.70. The van der Waals surface area contributed by atoms with Crippen LogP contribution in [-0.4, -0.2) is 44.8 Å². The van der Waals surface area contributed by atoms with Gasteiger partial charge in [0.25, 0.3) is 10.0 Å². The molecule has 0 aliphatic rings. The van der Waals surface area contributed by atoms with Crippen LogP contribution >= 0.6 is 27.5 Å². The first kappa shape index (κ1) is 32.3. The Morgan fingerprint density at radius 3 is 2.16 bits per heavy atom. The number of carbonyl (C=O) groups excluding carboxylic acids is 2. The molecule has 1 atom stereocenters. The second kappa shape index (κ2) is 14.2. The number of hydrogen-bond acceptors (Lipinski definition) is 4. The van der Waals surface area contributed by atoms with E-state index in [-0.39, 0.29) is 23.8 Å². The van der Waals surface area contributed by atoms with Gasteiger partial charge >= 0.3 is 0 Å². The zero-order chi connectivity index (χ0) is 31.1. The van der Waals surface area contributed by atoms with Crippen molar-refractivity contribution in [2.75, 3.05) is 17.9 Å². The van der Waals surface area contributed by atoms with Gasteiger partial charge in [0, 0.05) is 29.5 Å². The van der Waals surface area contributed by atoms with Crippen molar-refractivity contribution in [1.29, 1.82) is 0 Å². The Morgan fingerprint density at radius 2 is 1.53 bits per heavy atom. The number of nitrogens with zero attached hydrogens (tertiary/aromatic N) is 2. The van der Waals surface area contributed by atoms with Gasteiger partial charge in [-0.3, -0.25) is 13.9 Å². The van der Waals surface area contributed by atoms with E-state index in [1.807, 2.05) is 74.5 Å². The van der Waals surface area contributed by atoms with E-state index >= 15 is 0 Å². The molecule has 4 rings (SSSR count). The predicted octanol–water partition coefficient (Wildman–Crippen LogP) is 6.30. The van der Waals surface area contributed by atoms with Gasteiger partial charge in [0.05, 0.1) is 10.6 Å². The predicted molar refractivity (Wildman–Crippen MR) is 175 cm³/mol. The Balaban J connectivity index is 1.80. The van der Waals surface area contributed by atoms with Crippen LogP contribution in [-0.2, 0) is 32.6 Å². The van der Waals surface area contributed by atoms with Crippen molar-refractivity contribution in [3.63, 3.8) is 0 Å². The number of aryl methyl sites for hydroxylation is 2. The number of anilines is 1. The second-order valence-electron chi connectivity index (χ2n) is 10.2. The molecule has 1 N–H and O–H groups in total. The van der Waals surface area contributed by atoms with Crippen molar-refractivity contribution in [3.8, 4) is 0 Å². The highest BCUT2D eigenvalue weighted by atomic mass is 79.9. The Hall–Kier alpha value is -3.66. The zero-order valence-electron chi connectivity index (χ0n) is 24.1. The molecule has 0 bridgehead atoms. The van der Waals surface area contributed by atoms with Crippen molar-refractivity contribution in [1.82, 2.24) is 10.2 Å². The van der Waals surface area contributed by atoms with Crippen LogP contribution in [0.3, 0.4) is 0 Å². The molecule has 0 radical (unpaired) electrons. The molecule has 0 heterocycles. The molecule has 224 valence electrons. The van der Waals surface area contributed by atoms with Gasteiger partial charge in [-0.15, -0.1) is 0 Å². The smallest absolute Gasteiger partial charge is 0.264 e. The summed E-state index contributed by atoms with van der Waals surface area (Å²) in [5.74, 6) is -0.884. The molecular weight excluding hydrogens is 650 g/mol. The van der Waals surface area contributed by atoms with Crippen molar-refractivity contribution in [2.45, 2.75) is 37.8 Å². The first-order chi connectivity index (χ1) is 20.5. The van der Waals surface area contributed by atoms with Crippen LogP contribution in [0.4, 0.5) is 5.69 Å². The van der Waals surface area contributed by atoms with Gasteiger partial charge in [0.15, 0.2) is 0 Å². The first-order valence-electron chi connectivity index (χ1n) is 13.6. The lowest BCUT2D eigenvalue weighted by molar-refractivity contribution is -0.139. The second-order valence-corrected chi connectivity index (χ2v) is 13.4. The SMILES string of the molecule is CNC(=O)[C@@H](Cc1ccccc1)N(Cc1cccc(Br)c1)C(=O)CN(c1ccc(C)c(C)c1)S(=O)(=O)c1ccc(Cl)cc1. The third kappa shape index (κ3) is 8.04. The fourth-order valence-corrected chi connectivity index (χ4v) is 6.67. The van der Waals surface area contributed by atoms with E-state index in [4.69, 9.17) is 11.6 Å². The normalized spacial score (nSPS) is 11.9. The van der Waals surface area contributed by atoms with Gasteiger partial charge in [-0.1, -0.05) is 76.1 Å². The van der Waals surface area contributed by atoms with Gasteiger partial charge in [-0.2, -0.15) is 0 Å². The van der Waals surface area contributed by atoms with Crippen molar-refractivity contribution in [2.24, 2.45) is 0 Å². The van der Waals surface area contributed by atoms with Gasteiger partial charge in [-0.05, 0) is 84.6 Å². The quantitative estimate of drug-likeness (QED) is 0.201. The van der Waals surface area contributed by atoms with Gasteiger partial charge < -0.3 is 10.2 Å². The molecule has 0 fully saturated rings. The largest absolute Gasteiger partial charge is 0.357 e. The minimum atomic E-state index is -4.20. The van der Waals surface area contributed by atoms with Crippen molar-refractivity contribution < 1.29 is 18.0 Å². The molecule has 0 unspecified atom stereocenters. The zero-order valence-corrected chi connectivity index (χ0v) is 27.3. The molecule has 2 amide bonds. The number of likely N-dealkylation sites (N-methyl/N-ethyl adjacent to an activating group) is 1. The van der Waals surface area contributed by atoms with E-state index in [1.165, 1.54) is 36.2 Å². The molecule has 4 aromatic carbocycles. The van der Waals surface area contributed by atoms with Crippen LogP contribution in [0.25, 0.3) is 0 Å². The highest BCUT2D eigenvalue weighted by Gasteiger charge is 2.34. The minimum absolute atomic E-state index is 0.00592. The summed E-state index contributed by atoms with van der Waals surface area (Å²) in [4.78, 5) is 29.2. The van der Waals surface area contributed by atoms with Crippen LogP contribution in [0.15, 0.2) is 106 Å². The number of benzene rings is 4. The summed E-state index contributed by atoms with van der Waals surface area (Å²) < 4.78 is 30.1. The fraction of sp³-hybridized carbons (Fsp3) is 0.212. The average molecular weight is 683 g/mol. The minimum Gasteiger partial charge on any atom is -0.357 e. The number of carbonyl (C=O) groups is 2. The van der Waals surface area contributed by atoms with E-state index in [9.17, 15) is 18.0 Å². The van der Waals surface area contributed by atoms with Crippen LogP contribution in [0.2, 0.25) is 5.02 Å². The van der Waals surface area contributed by atoms with Crippen LogP contribution in [0.1, 0.15) is 22.3 Å². The van der Waals surface area contributed by atoms with E-state index in [2.05, 4.69) is 21.2 Å². The third-order valence-corrected chi connectivity index (χ3v) is 9.75. The summed E-state index contributed by atoms with van der Waals surface area (Å²) in [6.45, 7) is 3.38. The highest BCUT2D eigenvalue weighted by Crippen LogP contribution is 2.28. The molecule has 0 spiro atoms. The molecule has 0 aromatic heterocycles. The molecule has 7 nitrogen and oxygen atoms in total. The Bertz CT molecular complexity index is 1700. The average Bonchev–Trinajstić information content (AvgIpc) is 2.99. The van der Waals surface area contributed by atoms with Crippen LogP contribution in [0, 0.1) is 13.8 Å². The Morgan fingerprint density at radius 1 is 0.860 bits per heavy atom. The first-order valence-corrected chi connectivity index (χ1v) is 16.3. The van der Waals surface area contributed by atoms with Gasteiger partial charge in [0.1, 0.15) is 12.6 Å². The summed E-state index contributed by atoms with van der Waals surface area (Å²) in [7, 11) is -2.68. The molecule has 0 saturated carbocycles. The number of halogens is 2. The van der Waals surface area contributed by atoms with Crippen LogP contribution < -0.4 is 9.62 Å². The highest BCUT2D eigenvalue weighted by molar-refractivity contribution is 9.10. The summed E-state index contributed by atoms with van der Waals surface area (Å²) in [6, 6.07) is 27.0. The van der Waals surface area contributed by atoms with Crippen molar-refractivity contribution >= 4 is 55.1 Å². The molecule has 4 aromatic rings. The number of hydrogen-bond donors (Lipinski definition) is 1. The maximum Gasteiger partial charge on any atom is 0.264 e. The third-order valence-electron chi connectivity index (χ3n) is 7.22. The van der Waals surface area contributed by atoms with Gasteiger partial charge in [-0.25, -0.2) is 8.42 Å². The van der Waals surface area contributed by atoms with Crippen molar-refractivity contribution in [3.05, 3.63) is 129 Å². The number of amides is 2. The van der Waals surface area contributed by atoms with E-state index < -0.39 is 28.5 Å². The summed E-state index contributed by atoms with van der Waals surface area (Å²) in [6.07, 6.45) is 0.244. The summed E-state index contributed by atoms with van der Waals surface area (Å²) in [5, 5.41) is 3.08. The summed E-state index contributed by atoms with van der Waals surface area (Å²) in [5.41, 5.74) is 3.84. The van der Waals surface area contributed by atoms with Gasteiger partial charge in [0.2, 0.25) is 11.8 Å². The monoisotopic (exact) mass is 681 g/mol. The Kier molecular flexibility index (Phi) is 10.7. The number of rotatable bonds is 11. The van der Waals surface area contributed by atoms with E-state index in [1.54, 1.807) is 12.1 Å². The van der Waals surface area contributed by atoms with E-state index in [0.717, 1.165) is 31.0 Å². The Labute approximate surface area is 266 Å². The maximum atomic E-state index is 14.4. The standard InChI is InChI=1S/C33H33BrClN3O4S/c1-23-12-15-29(18-24(23)2)38(43(41,42)30-16-13-28(35)14-17-30)22-32(39)37(21-26-10-7-11-27(34)19-26)31(33(40)36-3)20-25-8-5-4-6-9-25/h4-19,31H,20-22H2,1-3H3,(H,36,40)/t31-/m1/s1. The number of nitrogens with one attached hydrogen (secondary N) is 1. The molecule has 10 heteroatoms. The lowest BCUT2D eigenvalue weighted by Crippen LogP contribution is -2.53. The van der Waals surface area contributed by atoms with Crippen LogP contribution in [0.5, 0.6) is 0 Å². The topological polar surface area (TPSA) is 86.8 Å². The maximum absolute atomic E-state index is 14.4.